The molecule has 2 rings (SSSR count). The van der Waals surface area contributed by atoms with Crippen molar-refractivity contribution in [2.45, 2.75) is 17.9 Å². The molecule has 3 N–H and O–H groups in total. The quantitative estimate of drug-likeness (QED) is 0.714. The van der Waals surface area contributed by atoms with Crippen molar-refractivity contribution >= 4 is 15.8 Å². The normalized spacial score (nSPS) is 12.8. The average molecular weight is 339 g/mol. The smallest absolute Gasteiger partial charge is 0.242 e. The first-order valence-corrected chi connectivity index (χ1v) is 8.54. The predicted molar refractivity (Wildman–Crippen MR) is 84.9 cm³/mol. The van der Waals surface area contributed by atoms with E-state index in [1.807, 2.05) is 0 Å². The predicted octanol–water partition coefficient (Wildman–Crippen LogP) is 1.66. The highest BCUT2D eigenvalue weighted by molar-refractivity contribution is 7.89. The molecule has 0 saturated heterocycles. The zero-order valence-corrected chi connectivity index (χ0v) is 13.3. The van der Waals surface area contributed by atoms with Crippen molar-refractivity contribution in [3.05, 3.63) is 54.0 Å². The maximum atomic E-state index is 12.8. The van der Waals surface area contributed by atoms with Crippen LogP contribution in [0.15, 0.2) is 47.5 Å². The van der Waals surface area contributed by atoms with Crippen LogP contribution in [-0.4, -0.2) is 31.6 Å². The summed E-state index contributed by atoms with van der Waals surface area (Å²) in [5.41, 5.74) is 0.574. The summed E-state index contributed by atoms with van der Waals surface area (Å²) < 4.78 is 38.8. The van der Waals surface area contributed by atoms with E-state index in [0.717, 1.165) is 0 Å². The van der Waals surface area contributed by atoms with Crippen LogP contribution in [-0.2, 0) is 10.0 Å². The number of aromatic nitrogens is 1. The molecule has 0 spiro atoms. The Hall–Kier alpha value is -2.03. The second-order valence-electron chi connectivity index (χ2n) is 4.83. The van der Waals surface area contributed by atoms with Gasteiger partial charge in [-0.2, -0.15) is 0 Å². The van der Waals surface area contributed by atoms with Crippen molar-refractivity contribution in [3.63, 3.8) is 0 Å². The molecule has 1 aromatic heterocycles. The molecule has 0 fully saturated rings. The summed E-state index contributed by atoms with van der Waals surface area (Å²) in [6, 6.07) is 8.50. The molecule has 6 nitrogen and oxygen atoms in total. The highest BCUT2D eigenvalue weighted by Gasteiger charge is 2.13. The standard InChI is InChI=1S/C15H18FN3O3S/c1-2-19-23(21,22)13-7-8-15(17-9-13)18-10-14(20)11-3-5-12(16)6-4-11/h3-9,14,19-20H,2,10H2,1H3,(H,17,18). The van der Waals surface area contributed by atoms with E-state index in [1.54, 1.807) is 6.92 Å². The lowest BCUT2D eigenvalue weighted by Crippen LogP contribution is -2.23. The number of halogens is 1. The lowest BCUT2D eigenvalue weighted by Gasteiger charge is -2.13. The number of aliphatic hydroxyl groups excluding tert-OH is 1. The highest BCUT2D eigenvalue weighted by atomic mass is 32.2. The topological polar surface area (TPSA) is 91.3 Å². The molecule has 0 aliphatic heterocycles. The van der Waals surface area contributed by atoms with E-state index in [4.69, 9.17) is 0 Å². The van der Waals surface area contributed by atoms with Crippen molar-refractivity contribution in [3.8, 4) is 0 Å². The van der Waals surface area contributed by atoms with Gasteiger partial charge in [0.05, 0.1) is 6.10 Å². The second kappa shape index (κ2) is 7.49. The third kappa shape index (κ3) is 4.72. The van der Waals surface area contributed by atoms with Crippen molar-refractivity contribution in [1.29, 1.82) is 0 Å². The second-order valence-corrected chi connectivity index (χ2v) is 6.60. The number of rotatable bonds is 7. The van der Waals surface area contributed by atoms with Crippen LogP contribution in [0.1, 0.15) is 18.6 Å². The molecular weight excluding hydrogens is 321 g/mol. The van der Waals surface area contributed by atoms with Crippen LogP contribution in [0.2, 0.25) is 0 Å². The van der Waals surface area contributed by atoms with Gasteiger partial charge >= 0.3 is 0 Å². The third-order valence-corrected chi connectivity index (χ3v) is 4.64. The molecule has 1 aromatic carbocycles. The van der Waals surface area contributed by atoms with E-state index in [1.165, 1.54) is 42.6 Å². The van der Waals surface area contributed by atoms with E-state index < -0.39 is 16.1 Å². The molecule has 0 aliphatic rings. The Bertz CT molecular complexity index is 734. The van der Waals surface area contributed by atoms with Crippen LogP contribution in [0.3, 0.4) is 0 Å². The van der Waals surface area contributed by atoms with Crippen molar-refractivity contribution in [1.82, 2.24) is 9.71 Å². The summed E-state index contributed by atoms with van der Waals surface area (Å²) in [6.45, 7) is 2.15. The molecule has 23 heavy (non-hydrogen) atoms. The summed E-state index contributed by atoms with van der Waals surface area (Å²) in [6.07, 6.45) is 0.410. The number of hydrogen-bond donors (Lipinski definition) is 3. The fourth-order valence-corrected chi connectivity index (χ4v) is 2.91. The fraction of sp³-hybridized carbons (Fsp3) is 0.267. The first kappa shape index (κ1) is 17.3. The Kier molecular flexibility index (Phi) is 5.64. The van der Waals surface area contributed by atoms with Gasteiger partial charge in [-0.1, -0.05) is 19.1 Å². The van der Waals surface area contributed by atoms with Crippen molar-refractivity contribution in [2.75, 3.05) is 18.4 Å². The number of nitrogens with one attached hydrogen (secondary N) is 2. The SMILES string of the molecule is CCNS(=O)(=O)c1ccc(NCC(O)c2ccc(F)cc2)nc1. The summed E-state index contributed by atoms with van der Waals surface area (Å²) in [5, 5.41) is 12.9. The molecule has 0 saturated carbocycles. The molecule has 0 radical (unpaired) electrons. The van der Waals surface area contributed by atoms with Crippen LogP contribution in [0.5, 0.6) is 0 Å². The van der Waals surface area contributed by atoms with Crippen LogP contribution >= 0.6 is 0 Å². The average Bonchev–Trinajstić information content (AvgIpc) is 2.53. The van der Waals surface area contributed by atoms with Gasteiger partial charge in [-0.05, 0) is 29.8 Å². The zero-order chi connectivity index (χ0) is 16.9. The van der Waals surface area contributed by atoms with E-state index in [9.17, 15) is 17.9 Å². The summed E-state index contributed by atoms with van der Waals surface area (Å²) in [4.78, 5) is 4.08. The summed E-state index contributed by atoms with van der Waals surface area (Å²) >= 11 is 0. The minimum absolute atomic E-state index is 0.0731. The Morgan fingerprint density at radius 1 is 1.22 bits per heavy atom. The van der Waals surface area contributed by atoms with E-state index >= 15 is 0 Å². The molecule has 1 atom stereocenters. The van der Waals surface area contributed by atoms with Gasteiger partial charge in [-0.3, -0.25) is 0 Å². The number of pyridine rings is 1. The van der Waals surface area contributed by atoms with E-state index in [0.29, 0.717) is 17.9 Å². The van der Waals surface area contributed by atoms with Gasteiger partial charge in [0.15, 0.2) is 0 Å². The number of sulfonamides is 1. The number of anilines is 1. The lowest BCUT2D eigenvalue weighted by atomic mass is 10.1. The fourth-order valence-electron chi connectivity index (χ4n) is 1.92. The molecule has 0 amide bonds. The van der Waals surface area contributed by atoms with Crippen LogP contribution in [0.25, 0.3) is 0 Å². The molecule has 0 bridgehead atoms. The Labute approximate surface area is 134 Å². The summed E-state index contributed by atoms with van der Waals surface area (Å²) in [5.74, 6) is 0.0645. The van der Waals surface area contributed by atoms with Crippen molar-refractivity contribution < 1.29 is 17.9 Å². The summed E-state index contributed by atoms with van der Waals surface area (Å²) in [7, 11) is -3.53. The number of benzene rings is 1. The third-order valence-electron chi connectivity index (χ3n) is 3.11. The minimum Gasteiger partial charge on any atom is -0.387 e. The number of nitrogens with zero attached hydrogens (tertiary/aromatic N) is 1. The van der Waals surface area contributed by atoms with Gasteiger partial charge in [-0.25, -0.2) is 22.5 Å². The number of hydrogen-bond acceptors (Lipinski definition) is 5. The van der Waals surface area contributed by atoms with Gasteiger partial charge in [0.2, 0.25) is 10.0 Å². The monoisotopic (exact) mass is 339 g/mol. The molecule has 1 unspecified atom stereocenters. The maximum absolute atomic E-state index is 12.8. The lowest BCUT2D eigenvalue weighted by molar-refractivity contribution is 0.191. The Balaban J connectivity index is 1.97. The van der Waals surface area contributed by atoms with Crippen LogP contribution in [0, 0.1) is 5.82 Å². The molecule has 124 valence electrons. The molecule has 8 heteroatoms. The van der Waals surface area contributed by atoms with Gasteiger partial charge in [0.1, 0.15) is 16.5 Å². The van der Waals surface area contributed by atoms with Gasteiger partial charge in [-0.15, -0.1) is 0 Å². The largest absolute Gasteiger partial charge is 0.387 e. The Morgan fingerprint density at radius 3 is 2.48 bits per heavy atom. The molecule has 0 aliphatic carbocycles. The van der Waals surface area contributed by atoms with Crippen LogP contribution < -0.4 is 10.0 Å². The first-order valence-electron chi connectivity index (χ1n) is 7.05. The van der Waals surface area contributed by atoms with Gasteiger partial charge < -0.3 is 10.4 Å². The molecule has 2 aromatic rings. The molecule has 1 heterocycles. The number of aliphatic hydroxyl groups is 1. The Morgan fingerprint density at radius 2 is 1.91 bits per heavy atom. The van der Waals surface area contributed by atoms with Gasteiger partial charge in [0, 0.05) is 19.3 Å². The maximum Gasteiger partial charge on any atom is 0.242 e. The van der Waals surface area contributed by atoms with Gasteiger partial charge in [0.25, 0.3) is 0 Å². The molecular formula is C15H18FN3O3S. The van der Waals surface area contributed by atoms with E-state index in [2.05, 4.69) is 15.0 Å². The van der Waals surface area contributed by atoms with Crippen LogP contribution in [0.4, 0.5) is 10.2 Å². The van der Waals surface area contributed by atoms with E-state index in [-0.39, 0.29) is 17.3 Å². The first-order chi connectivity index (χ1) is 10.9. The highest BCUT2D eigenvalue weighted by Crippen LogP contribution is 2.15. The zero-order valence-electron chi connectivity index (χ0n) is 12.5. The minimum atomic E-state index is -3.53. The van der Waals surface area contributed by atoms with Crippen molar-refractivity contribution in [2.24, 2.45) is 0 Å².